The first kappa shape index (κ1) is 15.1. The van der Waals surface area contributed by atoms with Crippen molar-refractivity contribution in [1.82, 2.24) is 0 Å². The maximum atomic E-state index is 13.8. The van der Waals surface area contributed by atoms with Gasteiger partial charge in [0.25, 0.3) is 0 Å². The van der Waals surface area contributed by atoms with E-state index in [0.29, 0.717) is 0 Å². The molecule has 0 amide bonds. The molecule has 3 N–H and O–H groups in total. The number of nitrogens with two attached hydrogens (primary N) is 1. The molecule has 0 aliphatic rings. The summed E-state index contributed by atoms with van der Waals surface area (Å²) >= 11 is 0. The molecular formula is C11H13F4N3O. The Kier molecular flexibility index (Phi) is 4.57. The van der Waals surface area contributed by atoms with Crippen LogP contribution in [0.2, 0.25) is 0 Å². The molecule has 0 spiro atoms. The van der Waals surface area contributed by atoms with Crippen molar-refractivity contribution < 1.29 is 22.8 Å². The molecule has 8 heteroatoms. The number of halogens is 4. The van der Waals surface area contributed by atoms with Crippen LogP contribution in [0, 0.1) is 5.82 Å². The van der Waals surface area contributed by atoms with Gasteiger partial charge in [0.1, 0.15) is 12.4 Å². The van der Waals surface area contributed by atoms with E-state index in [2.05, 4.69) is 5.16 Å². The van der Waals surface area contributed by atoms with E-state index in [1.807, 2.05) is 0 Å². The first-order valence-corrected chi connectivity index (χ1v) is 5.37. The SMILES string of the molecule is CCN(CC(F)(F)F)c1ccc(C(N)=NO)cc1F. The van der Waals surface area contributed by atoms with Crippen LogP contribution in [0.25, 0.3) is 0 Å². The van der Waals surface area contributed by atoms with E-state index in [0.717, 1.165) is 17.0 Å². The Balaban J connectivity index is 3.07. The topological polar surface area (TPSA) is 61.8 Å². The second kappa shape index (κ2) is 5.77. The molecule has 0 saturated carbocycles. The highest BCUT2D eigenvalue weighted by atomic mass is 19.4. The van der Waals surface area contributed by atoms with Gasteiger partial charge in [-0.2, -0.15) is 13.2 Å². The first-order valence-electron chi connectivity index (χ1n) is 5.37. The maximum absolute atomic E-state index is 13.8. The molecule has 1 aromatic rings. The van der Waals surface area contributed by atoms with Gasteiger partial charge in [-0.15, -0.1) is 0 Å². The summed E-state index contributed by atoms with van der Waals surface area (Å²) in [7, 11) is 0. The van der Waals surface area contributed by atoms with Crippen molar-refractivity contribution in [2.75, 3.05) is 18.0 Å². The lowest BCUT2D eigenvalue weighted by Gasteiger charge is -2.25. The predicted octanol–water partition coefficient (Wildman–Crippen LogP) is 2.31. The highest BCUT2D eigenvalue weighted by molar-refractivity contribution is 5.97. The minimum Gasteiger partial charge on any atom is -0.409 e. The zero-order valence-electron chi connectivity index (χ0n) is 10.1. The zero-order valence-corrected chi connectivity index (χ0v) is 10.1. The molecule has 0 radical (unpaired) electrons. The van der Waals surface area contributed by atoms with E-state index in [-0.39, 0.29) is 23.6 Å². The van der Waals surface area contributed by atoms with Crippen LogP contribution in [-0.2, 0) is 0 Å². The van der Waals surface area contributed by atoms with Crippen LogP contribution in [0.5, 0.6) is 0 Å². The number of anilines is 1. The van der Waals surface area contributed by atoms with Crippen LogP contribution in [0.1, 0.15) is 12.5 Å². The molecule has 0 heterocycles. The Morgan fingerprint density at radius 1 is 1.42 bits per heavy atom. The molecule has 0 aromatic heterocycles. The average Bonchev–Trinajstić information content (AvgIpc) is 2.34. The Morgan fingerprint density at radius 3 is 2.47 bits per heavy atom. The van der Waals surface area contributed by atoms with Gasteiger partial charge in [-0.05, 0) is 25.1 Å². The molecule has 19 heavy (non-hydrogen) atoms. The molecule has 1 aromatic carbocycles. The minimum atomic E-state index is -4.42. The molecule has 0 unspecified atom stereocenters. The standard InChI is InChI=1S/C11H13F4N3O/c1-2-18(6-11(13,14)15)9-4-3-7(5-8(9)12)10(16)17-19/h3-5,19H,2,6H2,1H3,(H2,16,17). The summed E-state index contributed by atoms with van der Waals surface area (Å²) in [4.78, 5) is 0.853. The van der Waals surface area contributed by atoms with Gasteiger partial charge in [0.05, 0.1) is 5.69 Å². The summed E-state index contributed by atoms with van der Waals surface area (Å²) in [6.45, 7) is 0.241. The summed E-state index contributed by atoms with van der Waals surface area (Å²) < 4.78 is 50.8. The Hall–Kier alpha value is -1.99. The second-order valence-electron chi connectivity index (χ2n) is 3.78. The summed E-state index contributed by atoms with van der Waals surface area (Å²) in [5.74, 6) is -1.18. The fourth-order valence-electron chi connectivity index (χ4n) is 1.56. The molecule has 106 valence electrons. The lowest BCUT2D eigenvalue weighted by molar-refractivity contribution is -0.119. The minimum absolute atomic E-state index is 0.000647. The predicted molar refractivity (Wildman–Crippen MR) is 62.9 cm³/mol. The molecule has 4 nitrogen and oxygen atoms in total. The van der Waals surface area contributed by atoms with Crippen LogP contribution >= 0.6 is 0 Å². The average molecular weight is 279 g/mol. The van der Waals surface area contributed by atoms with Gasteiger partial charge in [-0.25, -0.2) is 4.39 Å². The van der Waals surface area contributed by atoms with Crippen LogP contribution in [0.15, 0.2) is 23.4 Å². The van der Waals surface area contributed by atoms with Gasteiger partial charge >= 0.3 is 6.18 Å². The molecule has 0 aliphatic carbocycles. The van der Waals surface area contributed by atoms with Crippen LogP contribution < -0.4 is 10.6 Å². The quantitative estimate of drug-likeness (QED) is 0.292. The summed E-state index contributed by atoms with van der Waals surface area (Å²) in [6, 6.07) is 3.37. The lowest BCUT2D eigenvalue weighted by atomic mass is 10.1. The number of hydrogen-bond acceptors (Lipinski definition) is 3. The highest BCUT2D eigenvalue weighted by Gasteiger charge is 2.31. The van der Waals surface area contributed by atoms with Gasteiger partial charge in [0.15, 0.2) is 5.84 Å². The van der Waals surface area contributed by atoms with Crippen molar-refractivity contribution in [2.24, 2.45) is 10.9 Å². The third-order valence-electron chi connectivity index (χ3n) is 2.44. The Morgan fingerprint density at radius 2 is 2.05 bits per heavy atom. The van der Waals surface area contributed by atoms with E-state index in [1.165, 1.54) is 13.0 Å². The monoisotopic (exact) mass is 279 g/mol. The number of oxime groups is 1. The van der Waals surface area contributed by atoms with Crippen molar-refractivity contribution >= 4 is 11.5 Å². The van der Waals surface area contributed by atoms with Crippen molar-refractivity contribution in [3.63, 3.8) is 0 Å². The first-order chi connectivity index (χ1) is 8.78. The van der Waals surface area contributed by atoms with E-state index in [1.54, 1.807) is 0 Å². The van der Waals surface area contributed by atoms with E-state index < -0.39 is 18.5 Å². The van der Waals surface area contributed by atoms with Crippen molar-refractivity contribution in [1.29, 1.82) is 0 Å². The second-order valence-corrected chi connectivity index (χ2v) is 3.78. The fourth-order valence-corrected chi connectivity index (χ4v) is 1.56. The summed E-state index contributed by atoms with van der Waals surface area (Å²) in [5.41, 5.74) is 5.17. The Bertz CT molecular complexity index is 473. The molecule has 1 rings (SSSR count). The van der Waals surface area contributed by atoms with E-state index in [9.17, 15) is 17.6 Å². The zero-order chi connectivity index (χ0) is 14.6. The lowest BCUT2D eigenvalue weighted by Crippen LogP contribution is -2.34. The summed E-state index contributed by atoms with van der Waals surface area (Å²) in [6.07, 6.45) is -4.42. The third kappa shape index (κ3) is 4.01. The smallest absolute Gasteiger partial charge is 0.405 e. The largest absolute Gasteiger partial charge is 0.409 e. The molecule has 0 bridgehead atoms. The van der Waals surface area contributed by atoms with Crippen molar-refractivity contribution in [3.8, 4) is 0 Å². The van der Waals surface area contributed by atoms with Crippen LogP contribution in [-0.4, -0.2) is 30.3 Å². The summed E-state index contributed by atoms with van der Waals surface area (Å²) in [5, 5.41) is 11.1. The molecular weight excluding hydrogens is 266 g/mol. The maximum Gasteiger partial charge on any atom is 0.405 e. The van der Waals surface area contributed by atoms with Gasteiger partial charge in [-0.3, -0.25) is 0 Å². The number of alkyl halides is 3. The van der Waals surface area contributed by atoms with Crippen molar-refractivity contribution in [3.05, 3.63) is 29.6 Å². The molecule has 0 aliphatic heterocycles. The van der Waals surface area contributed by atoms with Gasteiger partial charge in [-0.1, -0.05) is 5.16 Å². The van der Waals surface area contributed by atoms with Gasteiger partial charge in [0.2, 0.25) is 0 Å². The molecule has 0 atom stereocenters. The number of rotatable bonds is 4. The van der Waals surface area contributed by atoms with Crippen molar-refractivity contribution in [2.45, 2.75) is 13.1 Å². The Labute approximate surface area is 107 Å². The number of hydrogen-bond donors (Lipinski definition) is 2. The third-order valence-corrected chi connectivity index (χ3v) is 2.44. The fraction of sp³-hybridized carbons (Fsp3) is 0.364. The number of nitrogens with zero attached hydrogens (tertiary/aromatic N) is 2. The normalized spacial score (nSPS) is 12.6. The molecule has 0 fully saturated rings. The van der Waals surface area contributed by atoms with Crippen LogP contribution in [0.3, 0.4) is 0 Å². The van der Waals surface area contributed by atoms with Gasteiger partial charge < -0.3 is 15.8 Å². The van der Waals surface area contributed by atoms with Crippen LogP contribution in [0.4, 0.5) is 23.2 Å². The number of amidine groups is 1. The van der Waals surface area contributed by atoms with E-state index in [4.69, 9.17) is 10.9 Å². The van der Waals surface area contributed by atoms with E-state index >= 15 is 0 Å². The molecule has 0 saturated heterocycles. The number of benzene rings is 1. The van der Waals surface area contributed by atoms with Gasteiger partial charge in [0, 0.05) is 12.1 Å². The highest BCUT2D eigenvalue weighted by Crippen LogP contribution is 2.25.